The molecule has 4 heteroatoms. The number of carbonyl (C=O) groups is 1. The number of methoxy groups -OCH3 is 1. The van der Waals surface area contributed by atoms with E-state index in [2.05, 4.69) is 10.6 Å². The Balaban J connectivity index is 1.61. The van der Waals surface area contributed by atoms with Gasteiger partial charge in [-0.05, 0) is 62.1 Å². The molecule has 0 bridgehead atoms. The summed E-state index contributed by atoms with van der Waals surface area (Å²) >= 11 is 0. The van der Waals surface area contributed by atoms with Gasteiger partial charge in [0.1, 0.15) is 5.75 Å². The van der Waals surface area contributed by atoms with E-state index in [1.54, 1.807) is 7.11 Å². The molecule has 3 rings (SSSR count). The van der Waals surface area contributed by atoms with E-state index in [4.69, 9.17) is 4.74 Å². The van der Waals surface area contributed by atoms with Gasteiger partial charge in [-0.15, -0.1) is 0 Å². The van der Waals surface area contributed by atoms with Crippen molar-refractivity contribution in [3.8, 4) is 5.75 Å². The molecule has 0 aromatic heterocycles. The average Bonchev–Trinajstić information content (AvgIpc) is 3.14. The van der Waals surface area contributed by atoms with Crippen LogP contribution in [0.25, 0.3) is 0 Å². The van der Waals surface area contributed by atoms with Gasteiger partial charge in [-0.1, -0.05) is 24.5 Å². The highest BCUT2D eigenvalue weighted by Gasteiger charge is 2.15. The number of hydrogen-bond donors (Lipinski definition) is 2. The molecule has 1 aliphatic rings. The maximum Gasteiger partial charge on any atom is 0.259 e. The first kappa shape index (κ1) is 17.3. The summed E-state index contributed by atoms with van der Waals surface area (Å²) in [6.45, 7) is 2.99. The van der Waals surface area contributed by atoms with Crippen molar-refractivity contribution in [2.75, 3.05) is 24.3 Å². The number of nitrogens with one attached hydrogen (secondary N) is 2. The van der Waals surface area contributed by atoms with Gasteiger partial charge in [0.15, 0.2) is 0 Å². The first-order chi connectivity index (χ1) is 12.2. The summed E-state index contributed by atoms with van der Waals surface area (Å²) in [7, 11) is 1.58. The molecule has 0 radical (unpaired) electrons. The number of anilines is 2. The number of hydrogen-bond acceptors (Lipinski definition) is 3. The molecule has 1 saturated carbocycles. The Morgan fingerprint density at radius 3 is 2.44 bits per heavy atom. The second kappa shape index (κ2) is 8.06. The molecular formula is C21H26N2O2. The largest absolute Gasteiger partial charge is 0.496 e. The molecule has 0 unspecified atom stereocenters. The van der Waals surface area contributed by atoms with Gasteiger partial charge in [0, 0.05) is 17.9 Å². The molecule has 2 aromatic rings. The lowest BCUT2D eigenvalue weighted by molar-refractivity contribution is 0.102. The summed E-state index contributed by atoms with van der Waals surface area (Å²) < 4.78 is 5.29. The van der Waals surface area contributed by atoms with E-state index in [9.17, 15) is 4.79 Å². The van der Waals surface area contributed by atoms with Gasteiger partial charge in [-0.2, -0.15) is 0 Å². The minimum atomic E-state index is -0.160. The predicted octanol–water partition coefficient (Wildman–Crippen LogP) is 4.86. The van der Waals surface area contributed by atoms with Crippen molar-refractivity contribution >= 4 is 17.3 Å². The molecule has 1 fully saturated rings. The lowest BCUT2D eigenvalue weighted by atomic mass is 10.1. The van der Waals surface area contributed by atoms with Gasteiger partial charge in [0.25, 0.3) is 5.91 Å². The van der Waals surface area contributed by atoms with Crippen molar-refractivity contribution in [1.82, 2.24) is 0 Å². The predicted molar refractivity (Wildman–Crippen MR) is 103 cm³/mol. The average molecular weight is 338 g/mol. The smallest absolute Gasteiger partial charge is 0.259 e. The molecule has 25 heavy (non-hydrogen) atoms. The van der Waals surface area contributed by atoms with Crippen molar-refractivity contribution in [1.29, 1.82) is 0 Å². The summed E-state index contributed by atoms with van der Waals surface area (Å²) in [5.74, 6) is 1.22. The van der Waals surface area contributed by atoms with Crippen LogP contribution in [0.1, 0.15) is 41.6 Å². The monoisotopic (exact) mass is 338 g/mol. The Bertz CT molecular complexity index is 719. The molecule has 1 aliphatic carbocycles. The van der Waals surface area contributed by atoms with Crippen LogP contribution in [0.2, 0.25) is 0 Å². The Labute approximate surface area is 149 Å². The van der Waals surface area contributed by atoms with Crippen molar-refractivity contribution < 1.29 is 9.53 Å². The van der Waals surface area contributed by atoms with E-state index in [0.29, 0.717) is 11.3 Å². The molecule has 0 spiro atoms. The van der Waals surface area contributed by atoms with Gasteiger partial charge in [-0.3, -0.25) is 4.79 Å². The van der Waals surface area contributed by atoms with E-state index in [1.807, 2.05) is 49.4 Å². The third-order valence-corrected chi connectivity index (χ3v) is 4.81. The van der Waals surface area contributed by atoms with E-state index in [1.165, 1.54) is 25.7 Å². The first-order valence-electron chi connectivity index (χ1n) is 8.95. The zero-order valence-electron chi connectivity index (χ0n) is 15.0. The van der Waals surface area contributed by atoms with Gasteiger partial charge in [-0.25, -0.2) is 0 Å². The SMILES string of the molecule is COc1ccc(C)cc1C(=O)Nc1ccc(NCC2CCCC2)cc1. The quantitative estimate of drug-likeness (QED) is 0.791. The van der Waals surface area contributed by atoms with Crippen LogP contribution >= 0.6 is 0 Å². The maximum absolute atomic E-state index is 12.5. The minimum Gasteiger partial charge on any atom is -0.496 e. The Kier molecular flexibility index (Phi) is 5.59. The fourth-order valence-electron chi connectivity index (χ4n) is 3.35. The summed E-state index contributed by atoms with van der Waals surface area (Å²) in [4.78, 5) is 12.5. The van der Waals surface area contributed by atoms with Crippen molar-refractivity contribution in [3.63, 3.8) is 0 Å². The molecule has 0 heterocycles. The van der Waals surface area contributed by atoms with Crippen LogP contribution in [0.5, 0.6) is 5.75 Å². The van der Waals surface area contributed by atoms with Crippen LogP contribution in [-0.2, 0) is 0 Å². The van der Waals surface area contributed by atoms with E-state index in [-0.39, 0.29) is 5.91 Å². The fourth-order valence-corrected chi connectivity index (χ4v) is 3.35. The van der Waals surface area contributed by atoms with Gasteiger partial charge in [0.05, 0.1) is 12.7 Å². The second-order valence-corrected chi connectivity index (χ2v) is 6.77. The van der Waals surface area contributed by atoms with Gasteiger partial charge < -0.3 is 15.4 Å². The number of rotatable bonds is 6. The lowest BCUT2D eigenvalue weighted by Crippen LogP contribution is -2.14. The third-order valence-electron chi connectivity index (χ3n) is 4.81. The van der Waals surface area contributed by atoms with Crippen LogP contribution in [0.4, 0.5) is 11.4 Å². The normalized spacial score (nSPS) is 14.3. The lowest BCUT2D eigenvalue weighted by Gasteiger charge is -2.13. The molecule has 132 valence electrons. The summed E-state index contributed by atoms with van der Waals surface area (Å²) in [6, 6.07) is 13.5. The molecule has 2 aromatic carbocycles. The Morgan fingerprint density at radius 1 is 1.08 bits per heavy atom. The maximum atomic E-state index is 12.5. The van der Waals surface area contributed by atoms with Gasteiger partial charge >= 0.3 is 0 Å². The fraction of sp³-hybridized carbons (Fsp3) is 0.381. The first-order valence-corrected chi connectivity index (χ1v) is 8.95. The highest BCUT2D eigenvalue weighted by atomic mass is 16.5. The summed E-state index contributed by atoms with van der Waals surface area (Å²) in [5, 5.41) is 6.43. The van der Waals surface area contributed by atoms with Crippen molar-refractivity contribution in [2.24, 2.45) is 5.92 Å². The standard InChI is InChI=1S/C21H26N2O2/c1-15-7-12-20(25-2)19(13-15)21(24)23-18-10-8-17(9-11-18)22-14-16-5-3-4-6-16/h7-13,16,22H,3-6,14H2,1-2H3,(H,23,24). The molecule has 0 saturated heterocycles. The number of ether oxygens (including phenoxy) is 1. The van der Waals surface area contributed by atoms with Crippen LogP contribution in [-0.4, -0.2) is 19.6 Å². The molecule has 2 N–H and O–H groups in total. The third kappa shape index (κ3) is 4.53. The zero-order chi connectivity index (χ0) is 17.6. The summed E-state index contributed by atoms with van der Waals surface area (Å²) in [5.41, 5.74) is 3.45. The van der Waals surface area contributed by atoms with E-state index in [0.717, 1.165) is 29.4 Å². The Hall–Kier alpha value is -2.49. The van der Waals surface area contributed by atoms with Crippen molar-refractivity contribution in [2.45, 2.75) is 32.6 Å². The van der Waals surface area contributed by atoms with Crippen molar-refractivity contribution in [3.05, 3.63) is 53.6 Å². The van der Waals surface area contributed by atoms with Crippen LogP contribution in [0.15, 0.2) is 42.5 Å². The molecule has 0 atom stereocenters. The Morgan fingerprint density at radius 2 is 1.76 bits per heavy atom. The molecular weight excluding hydrogens is 312 g/mol. The van der Waals surface area contributed by atoms with Crippen LogP contribution in [0.3, 0.4) is 0 Å². The number of aryl methyl sites for hydroxylation is 1. The number of carbonyl (C=O) groups excluding carboxylic acids is 1. The molecule has 0 aliphatic heterocycles. The van der Waals surface area contributed by atoms with E-state index < -0.39 is 0 Å². The van der Waals surface area contributed by atoms with E-state index >= 15 is 0 Å². The number of amides is 1. The highest BCUT2D eigenvalue weighted by molar-refractivity contribution is 6.06. The van der Waals surface area contributed by atoms with Crippen LogP contribution < -0.4 is 15.4 Å². The minimum absolute atomic E-state index is 0.160. The molecule has 1 amide bonds. The topological polar surface area (TPSA) is 50.4 Å². The second-order valence-electron chi connectivity index (χ2n) is 6.77. The number of benzene rings is 2. The van der Waals surface area contributed by atoms with Gasteiger partial charge in [0.2, 0.25) is 0 Å². The zero-order valence-corrected chi connectivity index (χ0v) is 15.0. The molecule has 4 nitrogen and oxygen atoms in total. The highest BCUT2D eigenvalue weighted by Crippen LogP contribution is 2.25. The summed E-state index contributed by atoms with van der Waals surface area (Å²) in [6.07, 6.45) is 5.39. The van der Waals surface area contributed by atoms with Crippen LogP contribution in [0, 0.1) is 12.8 Å².